The van der Waals surface area contributed by atoms with Gasteiger partial charge in [0.2, 0.25) is 0 Å². The number of aryl methyl sites for hydroxylation is 1. The summed E-state index contributed by atoms with van der Waals surface area (Å²) in [7, 11) is 4.08. The first kappa shape index (κ1) is 27.4. The van der Waals surface area contributed by atoms with Gasteiger partial charge in [0.05, 0.1) is 6.07 Å². The number of phenolic OH excluding ortho intramolecular Hbond substituents is 1. The maximum absolute atomic E-state index is 17.5. The van der Waals surface area contributed by atoms with Crippen LogP contribution >= 0.6 is 0 Å². The number of piperazine rings is 1. The van der Waals surface area contributed by atoms with Crippen molar-refractivity contribution in [1.29, 1.82) is 10.5 Å². The summed E-state index contributed by atoms with van der Waals surface area (Å²) < 4.78 is 17.5. The van der Waals surface area contributed by atoms with Gasteiger partial charge in [-0.05, 0) is 73.5 Å². The van der Waals surface area contributed by atoms with Crippen molar-refractivity contribution < 1.29 is 9.50 Å². The molecule has 4 aromatic rings. The summed E-state index contributed by atoms with van der Waals surface area (Å²) in [5.41, 5.74) is 1.77. The van der Waals surface area contributed by atoms with Crippen molar-refractivity contribution in [3.8, 4) is 29.0 Å². The SMILES string of the molecule is CN(C)C1CN(c2nc(N3C4CCC3CNC4)c3cc(CCC#N)c(-c4cc(O)cc5ccccc45)c(F)c3c2C#N)C1. The molecule has 0 radical (unpaired) electrons. The fraction of sp³-hybridized carbons (Fsp3) is 0.382. The highest BCUT2D eigenvalue weighted by Crippen LogP contribution is 2.46. The van der Waals surface area contributed by atoms with Crippen molar-refractivity contribution in [2.75, 3.05) is 50.1 Å². The summed E-state index contributed by atoms with van der Waals surface area (Å²) >= 11 is 0. The van der Waals surface area contributed by atoms with Gasteiger partial charge in [0, 0.05) is 67.1 Å². The van der Waals surface area contributed by atoms with E-state index in [0.717, 1.165) is 42.5 Å². The zero-order valence-electron chi connectivity index (χ0n) is 24.4. The molecule has 0 amide bonds. The lowest BCUT2D eigenvalue weighted by Crippen LogP contribution is -2.58. The summed E-state index contributed by atoms with van der Waals surface area (Å²) in [6.45, 7) is 3.08. The molecule has 0 spiro atoms. The number of likely N-dealkylation sites (N-methyl/N-ethyl adjacent to an activating group) is 1. The van der Waals surface area contributed by atoms with Crippen LogP contribution in [0.25, 0.3) is 32.7 Å². The minimum absolute atomic E-state index is 0.0312. The highest BCUT2D eigenvalue weighted by atomic mass is 19.1. The Morgan fingerprint density at radius 2 is 1.79 bits per heavy atom. The molecule has 0 saturated carbocycles. The molecule has 3 saturated heterocycles. The van der Waals surface area contributed by atoms with Gasteiger partial charge in [0.25, 0.3) is 0 Å². The van der Waals surface area contributed by atoms with Gasteiger partial charge in [-0.15, -0.1) is 0 Å². The first-order valence-corrected chi connectivity index (χ1v) is 15.0. The third kappa shape index (κ3) is 4.43. The van der Waals surface area contributed by atoms with Crippen LogP contribution in [0.15, 0.2) is 42.5 Å². The lowest BCUT2D eigenvalue weighted by atomic mass is 9.88. The molecule has 7 rings (SSSR count). The van der Waals surface area contributed by atoms with Crippen LogP contribution in [0.1, 0.15) is 30.4 Å². The summed E-state index contributed by atoms with van der Waals surface area (Å²) in [5.74, 6) is 0.769. The standard InChI is InChI=1S/C34H34FN7O/c1-40(2)24-18-41(19-24)33-29(15-37)31-28(34(39-33)42-22-9-10-23(42)17-38-16-22)13-21(7-5-11-36)30(32(31)35)27-14-25(43)12-20-6-3-4-8-26(20)27/h3-4,6,8,12-14,22-24,38,43H,5,7,9-10,16-19H2,1-2H3. The highest BCUT2D eigenvalue weighted by Gasteiger charge is 2.40. The fourth-order valence-corrected chi connectivity index (χ4v) is 7.24. The number of nitriles is 2. The lowest BCUT2D eigenvalue weighted by molar-refractivity contribution is 0.246. The second kappa shape index (κ2) is 10.7. The molecule has 4 heterocycles. The number of benzene rings is 3. The van der Waals surface area contributed by atoms with Crippen molar-refractivity contribution in [3.05, 3.63) is 59.4 Å². The number of aromatic hydroxyl groups is 1. The van der Waals surface area contributed by atoms with Gasteiger partial charge in [-0.1, -0.05) is 24.3 Å². The van der Waals surface area contributed by atoms with Crippen LogP contribution in [0.3, 0.4) is 0 Å². The quantitative estimate of drug-likeness (QED) is 0.334. The van der Waals surface area contributed by atoms with Gasteiger partial charge in [0.15, 0.2) is 0 Å². The zero-order chi connectivity index (χ0) is 29.8. The molecule has 218 valence electrons. The molecule has 3 fully saturated rings. The molecular weight excluding hydrogens is 541 g/mol. The van der Waals surface area contributed by atoms with Crippen molar-refractivity contribution in [2.24, 2.45) is 0 Å². The number of phenols is 1. The van der Waals surface area contributed by atoms with Crippen molar-refractivity contribution in [3.63, 3.8) is 0 Å². The number of halogens is 1. The van der Waals surface area contributed by atoms with Gasteiger partial charge in [-0.3, -0.25) is 0 Å². The van der Waals surface area contributed by atoms with Crippen LogP contribution in [0.5, 0.6) is 5.75 Å². The predicted octanol–water partition coefficient (Wildman–Crippen LogP) is 4.92. The van der Waals surface area contributed by atoms with E-state index in [9.17, 15) is 15.6 Å². The Balaban J connectivity index is 1.55. The molecule has 2 bridgehead atoms. The monoisotopic (exact) mass is 575 g/mol. The Labute approximate surface area is 250 Å². The van der Waals surface area contributed by atoms with E-state index in [4.69, 9.17) is 4.98 Å². The third-order valence-electron chi connectivity index (χ3n) is 9.52. The number of pyridine rings is 1. The summed E-state index contributed by atoms with van der Waals surface area (Å²) in [6.07, 6.45) is 2.59. The molecule has 9 heteroatoms. The summed E-state index contributed by atoms with van der Waals surface area (Å²) in [5, 5.41) is 36.8. The third-order valence-corrected chi connectivity index (χ3v) is 9.52. The van der Waals surface area contributed by atoms with Crippen molar-refractivity contribution >= 4 is 33.2 Å². The molecule has 3 aromatic carbocycles. The number of aromatic nitrogens is 1. The van der Waals surface area contributed by atoms with Crippen LogP contribution in [0.4, 0.5) is 16.0 Å². The number of nitrogens with zero attached hydrogens (tertiary/aromatic N) is 6. The second-order valence-corrected chi connectivity index (χ2v) is 12.2. The molecule has 8 nitrogen and oxygen atoms in total. The van der Waals surface area contributed by atoms with Crippen LogP contribution in [0, 0.1) is 28.5 Å². The summed E-state index contributed by atoms with van der Waals surface area (Å²) in [6, 6.07) is 18.1. The maximum Gasteiger partial charge on any atom is 0.149 e. The number of nitrogens with one attached hydrogen (secondary N) is 1. The van der Waals surface area contributed by atoms with E-state index in [1.54, 1.807) is 12.1 Å². The Bertz CT molecular complexity index is 1820. The van der Waals surface area contributed by atoms with Gasteiger partial charge >= 0.3 is 0 Å². The van der Waals surface area contributed by atoms with E-state index in [-0.39, 0.29) is 35.2 Å². The normalized spacial score (nSPS) is 20.0. The van der Waals surface area contributed by atoms with Crippen LogP contribution in [-0.2, 0) is 6.42 Å². The number of rotatable bonds is 6. The lowest BCUT2D eigenvalue weighted by Gasteiger charge is -2.44. The molecule has 2 N–H and O–H groups in total. The minimum Gasteiger partial charge on any atom is -0.508 e. The molecule has 0 aliphatic carbocycles. The van der Waals surface area contributed by atoms with Gasteiger partial charge in [0.1, 0.15) is 34.8 Å². The molecule has 3 aliphatic heterocycles. The molecule has 2 unspecified atom stereocenters. The smallest absolute Gasteiger partial charge is 0.149 e. The molecule has 2 atom stereocenters. The summed E-state index contributed by atoms with van der Waals surface area (Å²) in [4.78, 5) is 11.8. The second-order valence-electron chi connectivity index (χ2n) is 12.2. The van der Waals surface area contributed by atoms with E-state index >= 15 is 4.39 Å². The van der Waals surface area contributed by atoms with Crippen LogP contribution in [-0.4, -0.2) is 73.4 Å². The highest BCUT2D eigenvalue weighted by molar-refractivity contribution is 6.06. The number of fused-ring (bicyclic) bond motifs is 4. The predicted molar refractivity (Wildman–Crippen MR) is 167 cm³/mol. The Kier molecular flexibility index (Phi) is 6.80. The Hall–Kier alpha value is -4.44. The average Bonchev–Trinajstić information content (AvgIpc) is 3.21. The minimum atomic E-state index is -0.505. The van der Waals surface area contributed by atoms with E-state index in [2.05, 4.69) is 32.2 Å². The van der Waals surface area contributed by atoms with Gasteiger partial charge in [-0.2, -0.15) is 10.5 Å². The zero-order valence-corrected chi connectivity index (χ0v) is 24.4. The van der Waals surface area contributed by atoms with Crippen LogP contribution < -0.4 is 15.1 Å². The van der Waals surface area contributed by atoms with Gasteiger partial charge in [-0.25, -0.2) is 9.37 Å². The van der Waals surface area contributed by atoms with E-state index in [1.165, 1.54) is 0 Å². The average molecular weight is 576 g/mol. The topological polar surface area (TPSA) is 102 Å². The van der Waals surface area contributed by atoms with E-state index in [1.807, 2.05) is 44.4 Å². The molecular formula is C34H34FN7O. The van der Waals surface area contributed by atoms with E-state index < -0.39 is 5.82 Å². The van der Waals surface area contributed by atoms with E-state index in [0.29, 0.717) is 53.4 Å². The van der Waals surface area contributed by atoms with Crippen LogP contribution in [0.2, 0.25) is 0 Å². The Morgan fingerprint density at radius 1 is 1.05 bits per heavy atom. The largest absolute Gasteiger partial charge is 0.508 e. The number of anilines is 2. The van der Waals surface area contributed by atoms with Crippen molar-refractivity contribution in [1.82, 2.24) is 15.2 Å². The van der Waals surface area contributed by atoms with Gasteiger partial charge < -0.3 is 25.1 Å². The number of hydrogen-bond donors (Lipinski definition) is 2. The first-order valence-electron chi connectivity index (χ1n) is 15.0. The molecule has 3 aliphatic rings. The molecule has 43 heavy (non-hydrogen) atoms. The molecule has 1 aromatic heterocycles. The first-order chi connectivity index (χ1) is 20.9. The fourth-order valence-electron chi connectivity index (χ4n) is 7.24. The number of hydrogen-bond acceptors (Lipinski definition) is 8. The van der Waals surface area contributed by atoms with Crippen molar-refractivity contribution in [2.45, 2.75) is 43.8 Å². The maximum atomic E-state index is 17.5. The Morgan fingerprint density at radius 3 is 2.49 bits per heavy atom.